The van der Waals surface area contributed by atoms with E-state index in [1.54, 1.807) is 4.90 Å². The zero-order valence-corrected chi connectivity index (χ0v) is 26.8. The highest BCUT2D eigenvalue weighted by molar-refractivity contribution is 5.91. The average Bonchev–Trinajstić information content (AvgIpc) is 3.22. The number of hydrogen-bond acceptors (Lipinski definition) is 6. The van der Waals surface area contributed by atoms with Crippen LogP contribution in [0.25, 0.3) is 0 Å². The van der Waals surface area contributed by atoms with E-state index >= 15 is 0 Å². The molecule has 10 heteroatoms. The number of para-hydroxylation sites is 1. The molecule has 6 rings (SSSR count). The van der Waals surface area contributed by atoms with Crippen LogP contribution in [0, 0.1) is 6.92 Å². The van der Waals surface area contributed by atoms with Crippen molar-refractivity contribution in [3.63, 3.8) is 0 Å². The van der Waals surface area contributed by atoms with Crippen molar-refractivity contribution in [2.24, 2.45) is 0 Å². The maximum atomic E-state index is 13.9. The van der Waals surface area contributed by atoms with Gasteiger partial charge in [0.05, 0.1) is 0 Å². The lowest BCUT2D eigenvalue weighted by Gasteiger charge is -2.42. The number of anilines is 1. The number of amides is 4. The Bertz CT molecular complexity index is 1350. The first-order chi connectivity index (χ1) is 21.8. The summed E-state index contributed by atoms with van der Waals surface area (Å²) in [7, 11) is 2.18. The van der Waals surface area contributed by atoms with Gasteiger partial charge in [-0.25, -0.2) is 9.59 Å². The topological polar surface area (TPSA) is 88.7 Å². The van der Waals surface area contributed by atoms with Crippen molar-refractivity contribution in [2.75, 3.05) is 71.3 Å². The van der Waals surface area contributed by atoms with E-state index in [1.165, 1.54) is 12.8 Å². The summed E-state index contributed by atoms with van der Waals surface area (Å²) in [6, 6.07) is 16.6. The molecule has 0 spiro atoms. The van der Waals surface area contributed by atoms with E-state index < -0.39 is 12.2 Å². The monoisotopic (exact) mass is 616 g/mol. The molecule has 4 aliphatic rings. The van der Waals surface area contributed by atoms with Crippen molar-refractivity contribution in [3.05, 3.63) is 65.2 Å². The zero-order chi connectivity index (χ0) is 31.3. The predicted molar refractivity (Wildman–Crippen MR) is 174 cm³/mol. The largest absolute Gasteiger partial charge is 0.436 e. The average molecular weight is 617 g/mol. The van der Waals surface area contributed by atoms with Crippen LogP contribution >= 0.6 is 0 Å². The van der Waals surface area contributed by atoms with E-state index in [0.717, 1.165) is 55.0 Å². The van der Waals surface area contributed by atoms with Crippen LogP contribution in [0.15, 0.2) is 48.5 Å². The first-order valence-corrected chi connectivity index (χ1v) is 16.7. The first-order valence-electron chi connectivity index (χ1n) is 16.7. The van der Waals surface area contributed by atoms with Gasteiger partial charge >= 0.3 is 12.1 Å². The summed E-state index contributed by atoms with van der Waals surface area (Å²) >= 11 is 0. The number of urea groups is 1. The third-order valence-electron chi connectivity index (χ3n) is 10.2. The van der Waals surface area contributed by atoms with Crippen LogP contribution in [-0.4, -0.2) is 127 Å². The van der Waals surface area contributed by atoms with E-state index in [2.05, 4.69) is 34.3 Å². The van der Waals surface area contributed by atoms with Gasteiger partial charge in [-0.15, -0.1) is 0 Å². The summed E-state index contributed by atoms with van der Waals surface area (Å²) in [6.07, 6.45) is 3.52. The van der Waals surface area contributed by atoms with Gasteiger partial charge in [0.25, 0.3) is 5.91 Å². The minimum atomic E-state index is -0.873. The van der Waals surface area contributed by atoms with Crippen molar-refractivity contribution >= 4 is 23.7 Å². The van der Waals surface area contributed by atoms with E-state index in [9.17, 15) is 14.4 Å². The fourth-order valence-corrected chi connectivity index (χ4v) is 7.40. The quantitative estimate of drug-likeness (QED) is 0.531. The Morgan fingerprint density at radius 3 is 2.29 bits per heavy atom. The standard InChI is InChI=1S/C35H48N6O4/c1-26-6-5-7-27(24-26)25-32(33(42)39-22-20-38(21-23-39)29-11-15-37(2)16-12-29)45-35(44)40-17-13-30(14-18-40)41-19-10-28-8-3-4-9-31(28)36-34(41)43/h3-9,24,29-30,32H,10-23,25H2,1-2H3,(H,36,43)/t32-/m1/s1. The smallest absolute Gasteiger partial charge is 0.410 e. The number of carbonyl (C=O) groups is 3. The Morgan fingerprint density at radius 1 is 0.844 bits per heavy atom. The van der Waals surface area contributed by atoms with Gasteiger partial charge in [0.2, 0.25) is 0 Å². The van der Waals surface area contributed by atoms with Crippen LogP contribution in [0.1, 0.15) is 42.4 Å². The normalized spacial score (nSPS) is 21.6. The molecular formula is C35H48N6O4. The molecule has 4 heterocycles. The number of piperazine rings is 1. The Hall–Kier alpha value is -3.63. The van der Waals surface area contributed by atoms with Gasteiger partial charge in [-0.2, -0.15) is 0 Å². The molecule has 1 atom stereocenters. The number of carbonyl (C=O) groups excluding carboxylic acids is 3. The van der Waals surface area contributed by atoms with Crippen LogP contribution in [0.4, 0.5) is 15.3 Å². The summed E-state index contributed by atoms with van der Waals surface area (Å²) < 4.78 is 6.05. The zero-order valence-electron chi connectivity index (χ0n) is 26.8. The highest BCUT2D eigenvalue weighted by Gasteiger charge is 2.36. The molecule has 45 heavy (non-hydrogen) atoms. The molecule has 3 fully saturated rings. The molecule has 242 valence electrons. The van der Waals surface area contributed by atoms with E-state index in [1.807, 2.05) is 53.1 Å². The SMILES string of the molecule is Cc1cccc(C[C@@H](OC(=O)N2CCC(N3CCc4ccccc4NC3=O)CC2)C(=O)N2CCN(C3CCN(C)CC3)CC2)c1. The lowest BCUT2D eigenvalue weighted by Crippen LogP contribution is -2.56. The van der Waals surface area contributed by atoms with Gasteiger partial charge in [0.15, 0.2) is 6.10 Å². The summed E-state index contributed by atoms with van der Waals surface area (Å²) in [5.74, 6) is -0.108. The second-order valence-corrected chi connectivity index (χ2v) is 13.2. The van der Waals surface area contributed by atoms with Gasteiger partial charge in [0.1, 0.15) is 0 Å². The third kappa shape index (κ3) is 7.61. The molecular weight excluding hydrogens is 568 g/mol. The number of aryl methyl sites for hydroxylation is 1. The van der Waals surface area contributed by atoms with Crippen molar-refractivity contribution in [1.82, 2.24) is 24.5 Å². The third-order valence-corrected chi connectivity index (χ3v) is 10.2. The van der Waals surface area contributed by atoms with Crippen molar-refractivity contribution in [3.8, 4) is 0 Å². The van der Waals surface area contributed by atoms with Crippen molar-refractivity contribution < 1.29 is 19.1 Å². The van der Waals surface area contributed by atoms with E-state index in [4.69, 9.17) is 4.74 Å². The summed E-state index contributed by atoms with van der Waals surface area (Å²) in [5.41, 5.74) is 4.11. The number of benzene rings is 2. The summed E-state index contributed by atoms with van der Waals surface area (Å²) in [4.78, 5) is 50.9. The Kier molecular flexibility index (Phi) is 9.90. The molecule has 1 N–H and O–H groups in total. The highest BCUT2D eigenvalue weighted by atomic mass is 16.6. The Labute approximate surface area is 267 Å². The number of rotatable bonds is 6. The van der Waals surface area contributed by atoms with Crippen LogP contribution < -0.4 is 5.32 Å². The minimum absolute atomic E-state index is 0.0499. The van der Waals surface area contributed by atoms with Gasteiger partial charge in [-0.1, -0.05) is 48.0 Å². The summed E-state index contributed by atoms with van der Waals surface area (Å²) in [6.45, 7) is 8.91. The molecule has 3 saturated heterocycles. The lowest BCUT2D eigenvalue weighted by molar-refractivity contribution is -0.143. The molecule has 4 aliphatic heterocycles. The van der Waals surface area contributed by atoms with Crippen LogP contribution in [0.3, 0.4) is 0 Å². The lowest BCUT2D eigenvalue weighted by atomic mass is 10.0. The van der Waals surface area contributed by atoms with Crippen LogP contribution in [0.2, 0.25) is 0 Å². The number of ether oxygens (including phenoxy) is 1. The maximum absolute atomic E-state index is 13.9. The molecule has 0 aromatic heterocycles. The van der Waals surface area contributed by atoms with Gasteiger partial charge < -0.3 is 29.7 Å². The minimum Gasteiger partial charge on any atom is -0.436 e. The number of hydrogen-bond donors (Lipinski definition) is 1. The number of fused-ring (bicyclic) bond motifs is 1. The summed E-state index contributed by atoms with van der Waals surface area (Å²) in [5, 5.41) is 3.06. The second-order valence-electron chi connectivity index (χ2n) is 13.2. The molecule has 4 amide bonds. The molecule has 0 unspecified atom stereocenters. The molecule has 0 aliphatic carbocycles. The van der Waals surface area contributed by atoms with E-state index in [-0.39, 0.29) is 18.0 Å². The van der Waals surface area contributed by atoms with Crippen molar-refractivity contribution in [2.45, 2.75) is 63.6 Å². The molecule has 0 bridgehead atoms. The number of likely N-dealkylation sites (tertiary alicyclic amines) is 2. The molecule has 10 nitrogen and oxygen atoms in total. The Morgan fingerprint density at radius 2 is 1.56 bits per heavy atom. The second kappa shape index (κ2) is 14.2. The van der Waals surface area contributed by atoms with Crippen LogP contribution in [0.5, 0.6) is 0 Å². The predicted octanol–water partition coefficient (Wildman–Crippen LogP) is 3.84. The van der Waals surface area contributed by atoms with Crippen molar-refractivity contribution in [1.29, 1.82) is 0 Å². The maximum Gasteiger partial charge on any atom is 0.410 e. The van der Waals surface area contributed by atoms with E-state index in [0.29, 0.717) is 58.0 Å². The van der Waals surface area contributed by atoms with Gasteiger partial charge in [-0.3, -0.25) is 9.69 Å². The molecule has 0 saturated carbocycles. The number of piperidine rings is 2. The number of nitrogens with one attached hydrogen (secondary N) is 1. The first kappa shape index (κ1) is 31.4. The fourth-order valence-electron chi connectivity index (χ4n) is 7.40. The van der Waals surface area contributed by atoms with Gasteiger partial charge in [0, 0.05) is 70.0 Å². The van der Waals surface area contributed by atoms with Gasteiger partial charge in [-0.05, 0) is 76.4 Å². The highest BCUT2D eigenvalue weighted by Crippen LogP contribution is 2.25. The number of nitrogens with zero attached hydrogens (tertiary/aromatic N) is 5. The molecule has 0 radical (unpaired) electrons. The fraction of sp³-hybridized carbons (Fsp3) is 0.571. The molecule has 2 aromatic carbocycles. The molecule has 2 aromatic rings. The Balaban J connectivity index is 1.05. The van der Waals surface area contributed by atoms with Crippen LogP contribution in [-0.2, 0) is 22.4 Å².